The predicted molar refractivity (Wildman–Crippen MR) is 110 cm³/mol. The molecule has 0 radical (unpaired) electrons. The molecule has 0 atom stereocenters. The second-order valence-electron chi connectivity index (χ2n) is 7.84. The maximum absolute atomic E-state index is 11.8. The summed E-state index contributed by atoms with van der Waals surface area (Å²) < 4.78 is 5.46. The third-order valence-electron chi connectivity index (χ3n) is 5.26. The number of ether oxygens (including phenoxy) is 1. The molecule has 0 saturated heterocycles. The Morgan fingerprint density at radius 1 is 1.36 bits per heavy atom. The van der Waals surface area contributed by atoms with Gasteiger partial charge in [-0.25, -0.2) is 4.79 Å². The van der Waals surface area contributed by atoms with Crippen LogP contribution < -0.4 is 4.90 Å². The van der Waals surface area contributed by atoms with Crippen molar-refractivity contribution in [1.82, 2.24) is 0 Å². The van der Waals surface area contributed by atoms with Crippen LogP contribution >= 0.6 is 0 Å². The van der Waals surface area contributed by atoms with Gasteiger partial charge in [0.1, 0.15) is 5.69 Å². The maximum Gasteiger partial charge on any atom is 0.328 e. The normalized spacial score (nSPS) is 20.2. The molecule has 0 amide bonds. The standard InChI is InChI=1S/C21H30N2O5/c1-14(2)13-22(17-6-8-18(28-4)9-7-17)19-10-5-16(12-20(19)23(26)27)15(3)11-21(24)25/h5,10-12,14,17-18H,6-9,13H2,1-4H3,(H,24,25)/b15-11+/t17-,18-. The van der Waals surface area contributed by atoms with E-state index >= 15 is 0 Å². The van der Waals surface area contributed by atoms with Crippen molar-refractivity contribution in [1.29, 1.82) is 0 Å². The number of nitro groups is 1. The van der Waals surface area contributed by atoms with Crippen molar-refractivity contribution in [3.05, 3.63) is 40.0 Å². The highest BCUT2D eigenvalue weighted by molar-refractivity contribution is 5.90. The van der Waals surface area contributed by atoms with Crippen LogP contribution in [0, 0.1) is 16.0 Å². The molecule has 2 rings (SSSR count). The number of anilines is 1. The molecule has 28 heavy (non-hydrogen) atoms. The molecule has 0 bridgehead atoms. The minimum absolute atomic E-state index is 0.0187. The summed E-state index contributed by atoms with van der Waals surface area (Å²) in [6, 6.07) is 5.25. The van der Waals surface area contributed by atoms with Gasteiger partial charge in [0.05, 0.1) is 11.0 Å². The van der Waals surface area contributed by atoms with Gasteiger partial charge in [-0.3, -0.25) is 10.1 Å². The lowest BCUT2D eigenvalue weighted by atomic mass is 9.90. The molecule has 1 aromatic carbocycles. The number of benzene rings is 1. The molecular formula is C21H30N2O5. The van der Waals surface area contributed by atoms with Gasteiger partial charge in [-0.2, -0.15) is 0 Å². The summed E-state index contributed by atoms with van der Waals surface area (Å²) in [6.07, 6.45) is 5.09. The third kappa shape index (κ3) is 5.55. The lowest BCUT2D eigenvalue weighted by Crippen LogP contribution is -2.41. The van der Waals surface area contributed by atoms with Crippen molar-refractivity contribution in [2.24, 2.45) is 5.92 Å². The van der Waals surface area contributed by atoms with Gasteiger partial charge in [-0.05, 0) is 55.7 Å². The average Bonchev–Trinajstić information content (AvgIpc) is 2.65. The lowest BCUT2D eigenvalue weighted by molar-refractivity contribution is -0.384. The number of carboxylic acid groups (broad SMARTS) is 1. The summed E-state index contributed by atoms with van der Waals surface area (Å²) in [6.45, 7) is 6.58. The van der Waals surface area contributed by atoms with E-state index in [9.17, 15) is 14.9 Å². The Morgan fingerprint density at radius 3 is 2.50 bits per heavy atom. The van der Waals surface area contributed by atoms with Crippen LogP contribution in [-0.4, -0.2) is 41.8 Å². The van der Waals surface area contributed by atoms with E-state index in [2.05, 4.69) is 18.7 Å². The summed E-state index contributed by atoms with van der Waals surface area (Å²) in [5, 5.41) is 20.8. The Bertz CT molecular complexity index is 736. The number of nitrogens with zero attached hydrogens (tertiary/aromatic N) is 2. The van der Waals surface area contributed by atoms with E-state index in [1.54, 1.807) is 26.2 Å². The van der Waals surface area contributed by atoms with E-state index in [0.717, 1.165) is 38.3 Å². The zero-order chi connectivity index (χ0) is 20.8. The first-order chi connectivity index (χ1) is 13.2. The van der Waals surface area contributed by atoms with Crippen LogP contribution in [0.1, 0.15) is 52.0 Å². The van der Waals surface area contributed by atoms with Crippen LogP contribution in [0.15, 0.2) is 24.3 Å². The highest BCUT2D eigenvalue weighted by Gasteiger charge is 2.30. The molecule has 1 aromatic rings. The molecule has 0 spiro atoms. The summed E-state index contributed by atoms with van der Waals surface area (Å²) in [7, 11) is 1.73. The van der Waals surface area contributed by atoms with Crippen molar-refractivity contribution in [3.8, 4) is 0 Å². The van der Waals surface area contributed by atoms with Crippen LogP contribution in [-0.2, 0) is 9.53 Å². The number of carboxylic acids is 1. The third-order valence-corrected chi connectivity index (χ3v) is 5.26. The fraction of sp³-hybridized carbons (Fsp3) is 0.571. The number of nitro benzene ring substituents is 1. The van der Waals surface area contributed by atoms with E-state index in [1.807, 2.05) is 0 Å². The Labute approximate surface area is 166 Å². The largest absolute Gasteiger partial charge is 0.478 e. The van der Waals surface area contributed by atoms with Gasteiger partial charge >= 0.3 is 5.97 Å². The van der Waals surface area contributed by atoms with Gasteiger partial charge in [0.2, 0.25) is 0 Å². The molecule has 1 fully saturated rings. The molecule has 154 valence electrons. The molecule has 0 heterocycles. The number of allylic oxidation sites excluding steroid dienone is 1. The maximum atomic E-state index is 11.8. The molecule has 1 N–H and O–H groups in total. The summed E-state index contributed by atoms with van der Waals surface area (Å²) in [5.74, 6) is -0.714. The average molecular weight is 390 g/mol. The molecule has 1 aliphatic carbocycles. The molecule has 1 aliphatic rings. The van der Waals surface area contributed by atoms with Gasteiger partial charge in [0.25, 0.3) is 5.69 Å². The Balaban J connectivity index is 2.41. The van der Waals surface area contributed by atoms with Crippen molar-refractivity contribution in [2.45, 2.75) is 58.6 Å². The van der Waals surface area contributed by atoms with E-state index < -0.39 is 5.97 Å². The zero-order valence-electron chi connectivity index (χ0n) is 17.1. The number of aliphatic carboxylic acids is 1. The van der Waals surface area contributed by atoms with E-state index in [1.165, 1.54) is 6.07 Å². The number of carbonyl (C=O) groups is 1. The second-order valence-corrected chi connectivity index (χ2v) is 7.84. The first-order valence-electron chi connectivity index (χ1n) is 9.72. The van der Waals surface area contributed by atoms with Crippen LogP contribution in [0.5, 0.6) is 0 Å². The fourth-order valence-electron chi connectivity index (χ4n) is 3.86. The highest BCUT2D eigenvalue weighted by atomic mass is 16.6. The minimum atomic E-state index is -1.07. The molecule has 0 unspecified atom stereocenters. The van der Waals surface area contributed by atoms with Crippen LogP contribution in [0.25, 0.3) is 5.57 Å². The van der Waals surface area contributed by atoms with Gasteiger partial charge in [-0.15, -0.1) is 0 Å². The monoisotopic (exact) mass is 390 g/mol. The predicted octanol–water partition coefficient (Wildman–Crippen LogP) is 4.50. The molecular weight excluding hydrogens is 360 g/mol. The van der Waals surface area contributed by atoms with Crippen molar-refractivity contribution < 1.29 is 19.6 Å². The van der Waals surface area contributed by atoms with Gasteiger partial charge in [0.15, 0.2) is 0 Å². The highest BCUT2D eigenvalue weighted by Crippen LogP contribution is 2.36. The van der Waals surface area contributed by atoms with Crippen LogP contribution in [0.3, 0.4) is 0 Å². The number of hydrogen-bond donors (Lipinski definition) is 1. The fourth-order valence-corrected chi connectivity index (χ4v) is 3.86. The smallest absolute Gasteiger partial charge is 0.328 e. The first-order valence-corrected chi connectivity index (χ1v) is 9.72. The number of hydrogen-bond acceptors (Lipinski definition) is 5. The first kappa shape index (κ1) is 21.9. The summed E-state index contributed by atoms with van der Waals surface area (Å²) in [4.78, 5) is 24.5. The van der Waals surface area contributed by atoms with Crippen LogP contribution in [0.4, 0.5) is 11.4 Å². The van der Waals surface area contributed by atoms with Crippen LogP contribution in [0.2, 0.25) is 0 Å². The van der Waals surface area contributed by atoms with Gasteiger partial charge in [-0.1, -0.05) is 19.9 Å². The summed E-state index contributed by atoms with van der Waals surface area (Å²) >= 11 is 0. The molecule has 1 saturated carbocycles. The van der Waals surface area contributed by atoms with E-state index in [-0.39, 0.29) is 22.8 Å². The quantitative estimate of drug-likeness (QED) is 0.399. The van der Waals surface area contributed by atoms with Crippen molar-refractivity contribution >= 4 is 22.9 Å². The van der Waals surface area contributed by atoms with Crippen molar-refractivity contribution in [3.63, 3.8) is 0 Å². The molecule has 0 aliphatic heterocycles. The Hall–Kier alpha value is -2.41. The lowest BCUT2D eigenvalue weighted by Gasteiger charge is -2.38. The molecule has 0 aromatic heterocycles. The Morgan fingerprint density at radius 2 is 2.00 bits per heavy atom. The minimum Gasteiger partial charge on any atom is -0.478 e. The number of methoxy groups -OCH3 is 1. The topological polar surface area (TPSA) is 92.9 Å². The second kappa shape index (κ2) is 9.68. The van der Waals surface area contributed by atoms with Gasteiger partial charge in [0, 0.05) is 31.8 Å². The number of rotatable bonds is 8. The van der Waals surface area contributed by atoms with Crippen molar-refractivity contribution in [2.75, 3.05) is 18.6 Å². The zero-order valence-corrected chi connectivity index (χ0v) is 17.1. The SMILES string of the molecule is CO[C@H]1CC[C@H](N(CC(C)C)c2ccc(/C(C)=C/C(=O)O)cc2[N+](=O)[O-])CC1. The summed E-state index contributed by atoms with van der Waals surface area (Å²) in [5.41, 5.74) is 1.65. The Kier molecular flexibility index (Phi) is 7.57. The molecule has 7 nitrogen and oxygen atoms in total. The van der Waals surface area contributed by atoms with Gasteiger partial charge < -0.3 is 14.7 Å². The molecule has 7 heteroatoms. The van der Waals surface area contributed by atoms with E-state index in [4.69, 9.17) is 9.84 Å². The van der Waals surface area contributed by atoms with E-state index in [0.29, 0.717) is 22.7 Å².